The van der Waals surface area contributed by atoms with E-state index in [2.05, 4.69) is 43.4 Å². The van der Waals surface area contributed by atoms with E-state index in [0.29, 0.717) is 18.8 Å². The van der Waals surface area contributed by atoms with Crippen LogP contribution in [0, 0.1) is 0 Å². The SMILES string of the molecule is CN1CCN(CC(=O)N2CCNC(=O)[C@@H]2CC(=O)Nc2ccc(Br)cc2)CC1. The first-order valence-corrected chi connectivity index (χ1v) is 10.2. The number of carbonyl (C=O) groups is 3. The van der Waals surface area contributed by atoms with E-state index in [1.807, 2.05) is 12.1 Å². The average molecular weight is 452 g/mol. The van der Waals surface area contributed by atoms with Gasteiger partial charge in [0.2, 0.25) is 17.7 Å². The van der Waals surface area contributed by atoms with Gasteiger partial charge in [0.05, 0.1) is 13.0 Å². The first-order chi connectivity index (χ1) is 13.4. The van der Waals surface area contributed by atoms with Crippen molar-refractivity contribution in [1.82, 2.24) is 20.0 Å². The quantitative estimate of drug-likeness (QED) is 0.674. The maximum Gasteiger partial charge on any atom is 0.243 e. The van der Waals surface area contributed by atoms with Gasteiger partial charge in [0.1, 0.15) is 6.04 Å². The Kier molecular flexibility index (Phi) is 7.03. The smallest absolute Gasteiger partial charge is 0.243 e. The Balaban J connectivity index is 1.59. The number of likely N-dealkylation sites (N-methyl/N-ethyl adjacent to an activating group) is 1. The molecule has 3 rings (SSSR count). The molecule has 8 nitrogen and oxygen atoms in total. The van der Waals surface area contributed by atoms with E-state index in [1.54, 1.807) is 17.0 Å². The summed E-state index contributed by atoms with van der Waals surface area (Å²) >= 11 is 3.35. The molecule has 2 fully saturated rings. The van der Waals surface area contributed by atoms with Gasteiger partial charge >= 0.3 is 0 Å². The van der Waals surface area contributed by atoms with Crippen molar-refractivity contribution in [1.29, 1.82) is 0 Å². The third kappa shape index (κ3) is 5.52. The number of halogens is 1. The van der Waals surface area contributed by atoms with Crippen molar-refractivity contribution < 1.29 is 14.4 Å². The summed E-state index contributed by atoms with van der Waals surface area (Å²) in [6.07, 6.45) is -0.0592. The van der Waals surface area contributed by atoms with Crippen LogP contribution >= 0.6 is 15.9 Å². The lowest BCUT2D eigenvalue weighted by Gasteiger charge is -2.37. The molecule has 0 bridgehead atoms. The fourth-order valence-electron chi connectivity index (χ4n) is 3.43. The molecule has 152 valence electrons. The normalized spacial score (nSPS) is 21.3. The van der Waals surface area contributed by atoms with E-state index >= 15 is 0 Å². The molecule has 28 heavy (non-hydrogen) atoms. The summed E-state index contributed by atoms with van der Waals surface area (Å²) in [5, 5.41) is 5.55. The molecule has 3 amide bonds. The van der Waals surface area contributed by atoms with Crippen LogP contribution in [-0.4, -0.2) is 91.3 Å². The van der Waals surface area contributed by atoms with Crippen LogP contribution in [0.1, 0.15) is 6.42 Å². The Morgan fingerprint density at radius 1 is 1.14 bits per heavy atom. The zero-order chi connectivity index (χ0) is 20.1. The Bertz CT molecular complexity index is 719. The van der Waals surface area contributed by atoms with Gasteiger partial charge < -0.3 is 20.4 Å². The molecule has 0 radical (unpaired) electrons. The number of benzene rings is 1. The van der Waals surface area contributed by atoms with Gasteiger partial charge in [-0.2, -0.15) is 0 Å². The second-order valence-electron chi connectivity index (χ2n) is 7.23. The molecule has 2 aliphatic rings. The monoisotopic (exact) mass is 451 g/mol. The van der Waals surface area contributed by atoms with Crippen molar-refractivity contribution in [2.45, 2.75) is 12.5 Å². The van der Waals surface area contributed by atoms with Gasteiger partial charge in [0, 0.05) is 49.4 Å². The minimum absolute atomic E-state index is 0.0592. The van der Waals surface area contributed by atoms with E-state index in [1.165, 1.54) is 0 Å². The molecule has 0 aliphatic carbocycles. The summed E-state index contributed by atoms with van der Waals surface area (Å²) in [5.74, 6) is -0.661. The van der Waals surface area contributed by atoms with Crippen LogP contribution in [-0.2, 0) is 14.4 Å². The van der Waals surface area contributed by atoms with Crippen molar-refractivity contribution in [3.05, 3.63) is 28.7 Å². The second-order valence-corrected chi connectivity index (χ2v) is 8.15. The molecule has 2 aliphatic heterocycles. The summed E-state index contributed by atoms with van der Waals surface area (Å²) in [5.41, 5.74) is 0.653. The number of hydrogen-bond acceptors (Lipinski definition) is 5. The third-order valence-electron chi connectivity index (χ3n) is 5.11. The highest BCUT2D eigenvalue weighted by atomic mass is 79.9. The Hall–Kier alpha value is -1.97. The number of carbonyl (C=O) groups excluding carboxylic acids is 3. The third-order valence-corrected chi connectivity index (χ3v) is 5.64. The minimum atomic E-state index is -0.774. The fourth-order valence-corrected chi connectivity index (χ4v) is 3.69. The first kappa shape index (κ1) is 20.8. The van der Waals surface area contributed by atoms with E-state index in [0.717, 1.165) is 30.7 Å². The topological polar surface area (TPSA) is 85.0 Å². The minimum Gasteiger partial charge on any atom is -0.353 e. The molecular weight excluding hydrogens is 426 g/mol. The summed E-state index contributed by atoms with van der Waals surface area (Å²) in [6.45, 7) is 4.63. The number of piperazine rings is 2. The van der Waals surface area contributed by atoms with Crippen molar-refractivity contribution in [2.75, 3.05) is 58.2 Å². The van der Waals surface area contributed by atoms with Gasteiger partial charge in [0.25, 0.3) is 0 Å². The van der Waals surface area contributed by atoms with Crippen molar-refractivity contribution in [2.24, 2.45) is 0 Å². The van der Waals surface area contributed by atoms with Gasteiger partial charge in [-0.3, -0.25) is 19.3 Å². The van der Waals surface area contributed by atoms with Crippen LogP contribution < -0.4 is 10.6 Å². The Morgan fingerprint density at radius 2 is 1.82 bits per heavy atom. The summed E-state index contributed by atoms with van der Waals surface area (Å²) < 4.78 is 0.915. The fraction of sp³-hybridized carbons (Fsp3) is 0.526. The molecule has 1 aromatic rings. The van der Waals surface area contributed by atoms with Gasteiger partial charge in [-0.05, 0) is 31.3 Å². The standard InChI is InChI=1S/C19H26BrN5O3/c1-23-8-10-24(11-9-23)13-18(27)25-7-6-21-19(28)16(25)12-17(26)22-15-4-2-14(20)3-5-15/h2-5,16H,6-13H2,1H3,(H,21,28)(H,22,26)/t16-/m0/s1. The van der Waals surface area contributed by atoms with Gasteiger partial charge in [-0.15, -0.1) is 0 Å². The molecular formula is C19H26BrN5O3. The van der Waals surface area contributed by atoms with Gasteiger partial charge in [0.15, 0.2) is 0 Å². The lowest BCUT2D eigenvalue weighted by molar-refractivity contribution is -0.145. The van der Waals surface area contributed by atoms with E-state index < -0.39 is 6.04 Å². The summed E-state index contributed by atoms with van der Waals surface area (Å²) in [4.78, 5) is 43.5. The summed E-state index contributed by atoms with van der Waals surface area (Å²) in [7, 11) is 2.06. The molecule has 1 aromatic carbocycles. The zero-order valence-corrected chi connectivity index (χ0v) is 17.6. The van der Waals surface area contributed by atoms with Crippen LogP contribution in [0.15, 0.2) is 28.7 Å². The predicted octanol–water partition coefficient (Wildman–Crippen LogP) is 0.352. The van der Waals surface area contributed by atoms with Crippen LogP contribution in [0.3, 0.4) is 0 Å². The predicted molar refractivity (Wildman–Crippen MR) is 110 cm³/mol. The van der Waals surface area contributed by atoms with Crippen LogP contribution in [0.5, 0.6) is 0 Å². The lowest BCUT2D eigenvalue weighted by Crippen LogP contribution is -2.60. The summed E-state index contributed by atoms with van der Waals surface area (Å²) in [6, 6.07) is 6.44. The van der Waals surface area contributed by atoms with Crippen LogP contribution in [0.25, 0.3) is 0 Å². The van der Waals surface area contributed by atoms with Gasteiger partial charge in [-0.1, -0.05) is 15.9 Å². The van der Waals surface area contributed by atoms with E-state index in [-0.39, 0.29) is 30.7 Å². The largest absolute Gasteiger partial charge is 0.353 e. The van der Waals surface area contributed by atoms with E-state index in [9.17, 15) is 14.4 Å². The number of rotatable bonds is 5. The highest BCUT2D eigenvalue weighted by molar-refractivity contribution is 9.10. The molecule has 0 unspecified atom stereocenters. The molecule has 1 atom stereocenters. The van der Waals surface area contributed by atoms with Crippen molar-refractivity contribution >= 4 is 39.3 Å². The van der Waals surface area contributed by atoms with Crippen molar-refractivity contribution in [3.8, 4) is 0 Å². The second kappa shape index (κ2) is 9.49. The highest BCUT2D eigenvalue weighted by Crippen LogP contribution is 2.16. The Labute approximate surface area is 173 Å². The molecule has 2 saturated heterocycles. The molecule has 2 N–H and O–H groups in total. The molecule has 9 heteroatoms. The lowest BCUT2D eigenvalue weighted by atomic mass is 10.1. The Morgan fingerprint density at radius 3 is 2.50 bits per heavy atom. The zero-order valence-electron chi connectivity index (χ0n) is 16.0. The molecule has 2 heterocycles. The highest BCUT2D eigenvalue weighted by Gasteiger charge is 2.35. The van der Waals surface area contributed by atoms with Gasteiger partial charge in [-0.25, -0.2) is 0 Å². The molecule has 0 spiro atoms. The number of anilines is 1. The number of amides is 3. The maximum atomic E-state index is 12.8. The molecule has 0 saturated carbocycles. The van der Waals surface area contributed by atoms with Crippen molar-refractivity contribution in [3.63, 3.8) is 0 Å². The van der Waals surface area contributed by atoms with Crippen LogP contribution in [0.2, 0.25) is 0 Å². The first-order valence-electron chi connectivity index (χ1n) is 9.46. The maximum absolute atomic E-state index is 12.8. The number of hydrogen-bond donors (Lipinski definition) is 2. The molecule has 0 aromatic heterocycles. The van der Waals surface area contributed by atoms with Crippen LogP contribution in [0.4, 0.5) is 5.69 Å². The number of nitrogens with one attached hydrogen (secondary N) is 2. The average Bonchev–Trinajstić information content (AvgIpc) is 2.67. The van der Waals surface area contributed by atoms with E-state index in [4.69, 9.17) is 0 Å². The number of nitrogens with zero attached hydrogens (tertiary/aromatic N) is 3.